The molecule has 0 unspecified atom stereocenters. The number of amides is 1. The Morgan fingerprint density at radius 3 is 2.68 bits per heavy atom. The van der Waals surface area contributed by atoms with Crippen LogP contribution in [0.5, 0.6) is 0 Å². The molecule has 1 aromatic carbocycles. The lowest BCUT2D eigenvalue weighted by Gasteiger charge is -2.27. The standard InChI is InChI=1S/C24H27N5OS/c1-3-17-8-4-5-9-18(17)27-21(30)13-15-29-23(20-12-11-16(2)26-20)22(28-24(29)31)19-10-6-7-14-25-19/h4-12,14,22-23,26H,3,13,15H2,1-2H3,(H,27,30)(H,28,31)/t22-,23+/m0/s1. The van der Waals surface area contributed by atoms with E-state index in [0.29, 0.717) is 18.1 Å². The summed E-state index contributed by atoms with van der Waals surface area (Å²) < 4.78 is 0. The minimum atomic E-state index is -0.0874. The molecule has 31 heavy (non-hydrogen) atoms. The maximum absolute atomic E-state index is 12.7. The summed E-state index contributed by atoms with van der Waals surface area (Å²) in [6, 6.07) is 17.8. The summed E-state index contributed by atoms with van der Waals surface area (Å²) in [4.78, 5) is 22.8. The predicted octanol–water partition coefficient (Wildman–Crippen LogP) is 4.28. The Morgan fingerprint density at radius 1 is 1.16 bits per heavy atom. The van der Waals surface area contributed by atoms with Crippen LogP contribution in [0.1, 0.15) is 48.1 Å². The lowest BCUT2D eigenvalue weighted by atomic mass is 10.0. The Bertz CT molecular complexity index is 1060. The first-order valence-corrected chi connectivity index (χ1v) is 11.0. The zero-order chi connectivity index (χ0) is 21.8. The Morgan fingerprint density at radius 2 is 1.97 bits per heavy atom. The van der Waals surface area contributed by atoms with Crippen molar-refractivity contribution in [3.63, 3.8) is 0 Å². The number of hydrogen-bond acceptors (Lipinski definition) is 3. The second kappa shape index (κ2) is 9.31. The highest BCUT2D eigenvalue weighted by Crippen LogP contribution is 2.38. The molecule has 2 aromatic heterocycles. The molecule has 7 heteroatoms. The zero-order valence-corrected chi connectivity index (χ0v) is 18.6. The monoisotopic (exact) mass is 433 g/mol. The van der Waals surface area contributed by atoms with Gasteiger partial charge in [0, 0.05) is 36.2 Å². The van der Waals surface area contributed by atoms with E-state index >= 15 is 0 Å². The maximum atomic E-state index is 12.7. The number of nitrogens with zero attached hydrogens (tertiary/aromatic N) is 2. The summed E-state index contributed by atoms with van der Waals surface area (Å²) in [6.45, 7) is 4.63. The number of nitrogens with one attached hydrogen (secondary N) is 3. The van der Waals surface area contributed by atoms with Gasteiger partial charge in [-0.15, -0.1) is 0 Å². The number of aryl methyl sites for hydroxylation is 2. The molecule has 1 amide bonds. The number of pyridine rings is 1. The van der Waals surface area contributed by atoms with Crippen LogP contribution in [0.25, 0.3) is 0 Å². The van der Waals surface area contributed by atoms with E-state index in [1.165, 1.54) is 0 Å². The lowest BCUT2D eigenvalue weighted by molar-refractivity contribution is -0.116. The highest BCUT2D eigenvalue weighted by Gasteiger charge is 2.40. The van der Waals surface area contributed by atoms with E-state index in [1.807, 2.05) is 49.4 Å². The van der Waals surface area contributed by atoms with Gasteiger partial charge in [0.05, 0.1) is 17.8 Å². The van der Waals surface area contributed by atoms with Crippen LogP contribution in [0.2, 0.25) is 0 Å². The van der Waals surface area contributed by atoms with Crippen molar-refractivity contribution in [2.75, 3.05) is 11.9 Å². The van der Waals surface area contributed by atoms with Gasteiger partial charge in [-0.3, -0.25) is 9.78 Å². The molecule has 1 fully saturated rings. The number of benzene rings is 1. The van der Waals surface area contributed by atoms with E-state index in [9.17, 15) is 4.79 Å². The topological polar surface area (TPSA) is 73.1 Å². The number of rotatable bonds is 7. The Kier molecular flexibility index (Phi) is 6.32. The quantitative estimate of drug-likeness (QED) is 0.485. The highest BCUT2D eigenvalue weighted by atomic mass is 32.1. The lowest BCUT2D eigenvalue weighted by Crippen LogP contribution is -2.33. The van der Waals surface area contributed by atoms with Crippen LogP contribution in [-0.4, -0.2) is 32.4 Å². The first kappa shape index (κ1) is 21.1. The van der Waals surface area contributed by atoms with Gasteiger partial charge in [0.25, 0.3) is 0 Å². The van der Waals surface area contributed by atoms with Crippen LogP contribution in [0.3, 0.4) is 0 Å². The number of hydrogen-bond donors (Lipinski definition) is 3. The van der Waals surface area contributed by atoms with E-state index < -0.39 is 0 Å². The van der Waals surface area contributed by atoms with E-state index in [1.54, 1.807) is 6.20 Å². The molecule has 0 bridgehead atoms. The SMILES string of the molecule is CCc1ccccc1NC(=O)CCN1C(=S)N[C@@H](c2ccccn2)[C@H]1c1ccc(C)[nH]1. The summed E-state index contributed by atoms with van der Waals surface area (Å²) in [6.07, 6.45) is 3.00. The molecule has 1 aliphatic heterocycles. The third kappa shape index (κ3) is 4.61. The average molecular weight is 434 g/mol. The van der Waals surface area contributed by atoms with Crippen LogP contribution in [-0.2, 0) is 11.2 Å². The van der Waals surface area contributed by atoms with Gasteiger partial charge < -0.3 is 20.5 Å². The van der Waals surface area contributed by atoms with Gasteiger partial charge in [-0.1, -0.05) is 31.2 Å². The van der Waals surface area contributed by atoms with E-state index in [2.05, 4.69) is 44.6 Å². The van der Waals surface area contributed by atoms with Gasteiger partial charge in [-0.2, -0.15) is 0 Å². The van der Waals surface area contributed by atoms with Crippen molar-refractivity contribution < 1.29 is 4.79 Å². The number of para-hydroxylation sites is 1. The fourth-order valence-electron chi connectivity index (χ4n) is 4.07. The van der Waals surface area contributed by atoms with Crippen molar-refractivity contribution in [2.45, 2.75) is 38.8 Å². The van der Waals surface area contributed by atoms with Gasteiger partial charge in [0.15, 0.2) is 5.11 Å². The van der Waals surface area contributed by atoms with Crippen LogP contribution < -0.4 is 10.6 Å². The van der Waals surface area contributed by atoms with E-state index in [-0.39, 0.29) is 18.0 Å². The molecule has 0 aliphatic carbocycles. The number of thiocarbonyl (C=S) groups is 1. The molecule has 3 heterocycles. The van der Waals surface area contributed by atoms with Crippen molar-refractivity contribution in [1.82, 2.24) is 20.2 Å². The molecule has 0 radical (unpaired) electrons. The summed E-state index contributed by atoms with van der Waals surface area (Å²) in [5.74, 6) is -0.0218. The molecule has 6 nitrogen and oxygen atoms in total. The fourth-order valence-corrected chi connectivity index (χ4v) is 4.40. The normalized spacial score (nSPS) is 18.1. The summed E-state index contributed by atoms with van der Waals surface area (Å²) in [7, 11) is 0. The molecule has 4 rings (SSSR count). The van der Waals surface area contributed by atoms with Crippen molar-refractivity contribution in [3.8, 4) is 0 Å². The van der Waals surface area contributed by atoms with Crippen LogP contribution >= 0.6 is 12.2 Å². The fraction of sp³-hybridized carbons (Fsp3) is 0.292. The highest BCUT2D eigenvalue weighted by molar-refractivity contribution is 7.80. The summed E-state index contributed by atoms with van der Waals surface area (Å²) >= 11 is 5.66. The van der Waals surface area contributed by atoms with Gasteiger partial charge in [0.2, 0.25) is 5.91 Å². The molecule has 2 atom stereocenters. The molecule has 3 N–H and O–H groups in total. The van der Waals surface area contributed by atoms with Gasteiger partial charge in [0.1, 0.15) is 0 Å². The molecule has 0 spiro atoms. The minimum absolute atomic E-state index is 0.0218. The van der Waals surface area contributed by atoms with Gasteiger partial charge >= 0.3 is 0 Å². The number of carbonyl (C=O) groups is 1. The minimum Gasteiger partial charge on any atom is -0.361 e. The molecular weight excluding hydrogens is 406 g/mol. The van der Waals surface area contributed by atoms with Crippen LogP contribution in [0.4, 0.5) is 5.69 Å². The van der Waals surface area contributed by atoms with E-state index in [4.69, 9.17) is 12.2 Å². The van der Waals surface area contributed by atoms with Crippen LogP contribution in [0, 0.1) is 6.92 Å². The maximum Gasteiger partial charge on any atom is 0.226 e. The van der Waals surface area contributed by atoms with Crippen molar-refractivity contribution in [1.29, 1.82) is 0 Å². The van der Waals surface area contributed by atoms with Crippen molar-refractivity contribution >= 4 is 28.9 Å². The van der Waals surface area contributed by atoms with Crippen LogP contribution in [0.15, 0.2) is 60.8 Å². The third-order valence-electron chi connectivity index (χ3n) is 5.62. The smallest absolute Gasteiger partial charge is 0.226 e. The second-order valence-electron chi connectivity index (χ2n) is 7.73. The molecule has 0 saturated carbocycles. The Labute approximate surface area is 188 Å². The second-order valence-corrected chi connectivity index (χ2v) is 8.11. The van der Waals surface area contributed by atoms with Gasteiger partial charge in [-0.25, -0.2) is 0 Å². The number of aromatic amines is 1. The molecule has 1 saturated heterocycles. The largest absolute Gasteiger partial charge is 0.361 e. The number of aromatic nitrogens is 2. The Balaban J connectivity index is 1.52. The third-order valence-corrected chi connectivity index (χ3v) is 5.98. The predicted molar refractivity (Wildman–Crippen MR) is 127 cm³/mol. The van der Waals surface area contributed by atoms with Gasteiger partial charge in [-0.05, 0) is 61.5 Å². The van der Waals surface area contributed by atoms with Crippen molar-refractivity contribution in [3.05, 3.63) is 83.4 Å². The first-order valence-electron chi connectivity index (χ1n) is 10.6. The average Bonchev–Trinajstić information content (AvgIpc) is 3.35. The zero-order valence-electron chi connectivity index (χ0n) is 17.8. The molecule has 160 valence electrons. The number of anilines is 1. The number of carbonyl (C=O) groups excluding carboxylic acids is 1. The van der Waals surface area contributed by atoms with Crippen molar-refractivity contribution in [2.24, 2.45) is 0 Å². The summed E-state index contributed by atoms with van der Waals surface area (Å²) in [5.41, 5.74) is 5.06. The molecular formula is C24H27N5OS. The van der Waals surface area contributed by atoms with E-state index in [0.717, 1.165) is 34.8 Å². The molecule has 1 aliphatic rings. The number of H-pyrrole nitrogens is 1. The molecule has 3 aromatic rings. The summed E-state index contributed by atoms with van der Waals surface area (Å²) in [5, 5.41) is 7.10. The Hall–Kier alpha value is -3.19. The first-order chi connectivity index (χ1) is 15.1.